The van der Waals surface area contributed by atoms with E-state index >= 15 is 0 Å². The van der Waals surface area contributed by atoms with Crippen LogP contribution in [-0.2, 0) is 6.42 Å². The first-order valence-corrected chi connectivity index (χ1v) is 7.41. The fraction of sp³-hybridized carbons (Fsp3) is 0.714. The lowest BCUT2D eigenvalue weighted by atomic mass is 10.2. The van der Waals surface area contributed by atoms with Crippen LogP contribution >= 0.6 is 11.3 Å². The Morgan fingerprint density at radius 1 is 1.19 bits per heavy atom. The molecule has 0 radical (unpaired) electrons. The number of aryl methyl sites for hydroxylation is 1. The van der Waals surface area contributed by atoms with Gasteiger partial charge in [0.1, 0.15) is 0 Å². The van der Waals surface area contributed by atoms with Gasteiger partial charge in [-0.05, 0) is 38.4 Å². The molecule has 0 aromatic carbocycles. The molecule has 0 aliphatic carbocycles. The fourth-order valence-corrected chi connectivity index (χ4v) is 2.77. The van der Waals surface area contributed by atoms with Crippen molar-refractivity contribution in [3.8, 4) is 0 Å². The highest BCUT2D eigenvalue weighted by molar-refractivity contribution is 7.12. The standard InChI is InChI=1S/C14H25NS/c1-4-6-7-8-11-15-12(3)14-10-9-13(5-2)16-14/h9-10,12,15H,4-8,11H2,1-3H3. The third-order valence-electron chi connectivity index (χ3n) is 2.94. The molecular formula is C14H25NS. The summed E-state index contributed by atoms with van der Waals surface area (Å²) in [7, 11) is 0. The number of rotatable bonds is 8. The zero-order chi connectivity index (χ0) is 11.8. The van der Waals surface area contributed by atoms with Crippen LogP contribution in [0.2, 0.25) is 0 Å². The molecule has 0 amide bonds. The van der Waals surface area contributed by atoms with E-state index in [1.165, 1.54) is 35.4 Å². The maximum Gasteiger partial charge on any atom is 0.0386 e. The molecule has 1 nitrogen and oxygen atoms in total. The zero-order valence-corrected chi connectivity index (χ0v) is 11.7. The highest BCUT2D eigenvalue weighted by Crippen LogP contribution is 2.23. The monoisotopic (exact) mass is 239 g/mol. The van der Waals surface area contributed by atoms with E-state index in [2.05, 4.69) is 38.2 Å². The molecule has 1 N–H and O–H groups in total. The SMILES string of the molecule is CCCCCCNC(C)c1ccc(CC)s1. The smallest absolute Gasteiger partial charge is 0.0386 e. The minimum Gasteiger partial charge on any atom is -0.309 e. The van der Waals surface area contributed by atoms with Crippen molar-refractivity contribution in [1.82, 2.24) is 5.32 Å². The van der Waals surface area contributed by atoms with Crippen molar-refractivity contribution >= 4 is 11.3 Å². The number of hydrogen-bond acceptors (Lipinski definition) is 2. The number of thiophene rings is 1. The summed E-state index contributed by atoms with van der Waals surface area (Å²) in [5, 5.41) is 3.61. The van der Waals surface area contributed by atoms with E-state index < -0.39 is 0 Å². The summed E-state index contributed by atoms with van der Waals surface area (Å²) in [6.07, 6.45) is 6.52. The molecule has 1 heterocycles. The molecule has 0 aliphatic heterocycles. The number of hydrogen-bond donors (Lipinski definition) is 1. The molecule has 0 saturated heterocycles. The molecule has 1 atom stereocenters. The van der Waals surface area contributed by atoms with Crippen molar-refractivity contribution in [2.75, 3.05) is 6.54 Å². The second-order valence-corrected chi connectivity index (χ2v) is 5.59. The molecule has 0 spiro atoms. The Hall–Kier alpha value is -0.340. The topological polar surface area (TPSA) is 12.0 Å². The normalized spacial score (nSPS) is 12.9. The number of unbranched alkanes of at least 4 members (excludes halogenated alkanes) is 3. The van der Waals surface area contributed by atoms with Gasteiger partial charge in [-0.2, -0.15) is 0 Å². The van der Waals surface area contributed by atoms with Gasteiger partial charge in [0, 0.05) is 15.8 Å². The summed E-state index contributed by atoms with van der Waals surface area (Å²) >= 11 is 1.95. The molecule has 0 fully saturated rings. The van der Waals surface area contributed by atoms with Crippen LogP contribution in [0.3, 0.4) is 0 Å². The molecule has 1 aromatic heterocycles. The Bertz CT molecular complexity index is 280. The highest BCUT2D eigenvalue weighted by atomic mass is 32.1. The molecule has 1 aromatic rings. The van der Waals surface area contributed by atoms with Gasteiger partial charge in [0.2, 0.25) is 0 Å². The first kappa shape index (κ1) is 13.7. The summed E-state index contributed by atoms with van der Waals surface area (Å²) in [4.78, 5) is 2.97. The van der Waals surface area contributed by atoms with Crippen LogP contribution in [0.4, 0.5) is 0 Å². The quantitative estimate of drug-likeness (QED) is 0.657. The van der Waals surface area contributed by atoms with Crippen LogP contribution in [0.15, 0.2) is 12.1 Å². The zero-order valence-electron chi connectivity index (χ0n) is 10.9. The predicted molar refractivity (Wildman–Crippen MR) is 74.3 cm³/mol. The predicted octanol–water partition coefficient (Wildman–Crippen LogP) is 4.54. The maximum atomic E-state index is 3.61. The van der Waals surface area contributed by atoms with Crippen molar-refractivity contribution in [3.05, 3.63) is 21.9 Å². The molecule has 0 bridgehead atoms. The summed E-state index contributed by atoms with van der Waals surface area (Å²) in [6.45, 7) is 7.90. The van der Waals surface area contributed by atoms with E-state index in [9.17, 15) is 0 Å². The highest BCUT2D eigenvalue weighted by Gasteiger charge is 2.06. The minimum atomic E-state index is 0.520. The van der Waals surface area contributed by atoms with Crippen LogP contribution in [-0.4, -0.2) is 6.54 Å². The van der Waals surface area contributed by atoms with Crippen molar-refractivity contribution < 1.29 is 0 Å². The molecule has 2 heteroatoms. The Balaban J connectivity index is 2.21. The van der Waals surface area contributed by atoms with Crippen molar-refractivity contribution in [2.24, 2.45) is 0 Å². The maximum absolute atomic E-state index is 3.61. The molecule has 0 saturated carbocycles. The van der Waals surface area contributed by atoms with E-state index in [-0.39, 0.29) is 0 Å². The van der Waals surface area contributed by atoms with Crippen LogP contribution in [0.5, 0.6) is 0 Å². The van der Waals surface area contributed by atoms with Gasteiger partial charge >= 0.3 is 0 Å². The van der Waals surface area contributed by atoms with Gasteiger partial charge in [-0.15, -0.1) is 11.3 Å². The molecular weight excluding hydrogens is 214 g/mol. The summed E-state index contributed by atoms with van der Waals surface area (Å²) in [6, 6.07) is 5.05. The molecule has 1 rings (SSSR count). The second-order valence-electron chi connectivity index (χ2n) is 4.39. The van der Waals surface area contributed by atoms with Gasteiger partial charge in [-0.1, -0.05) is 33.1 Å². The Kier molecular flexibility index (Phi) is 6.74. The lowest BCUT2D eigenvalue weighted by Crippen LogP contribution is -2.18. The fourth-order valence-electron chi connectivity index (χ4n) is 1.79. The lowest BCUT2D eigenvalue weighted by molar-refractivity contribution is 0.542. The van der Waals surface area contributed by atoms with Crippen LogP contribution < -0.4 is 5.32 Å². The lowest BCUT2D eigenvalue weighted by Gasteiger charge is -2.11. The Labute approximate surface area is 104 Å². The average molecular weight is 239 g/mol. The van der Waals surface area contributed by atoms with E-state index in [4.69, 9.17) is 0 Å². The van der Waals surface area contributed by atoms with Gasteiger partial charge in [-0.3, -0.25) is 0 Å². The van der Waals surface area contributed by atoms with Crippen molar-refractivity contribution in [1.29, 1.82) is 0 Å². The Morgan fingerprint density at radius 2 is 2.00 bits per heavy atom. The minimum absolute atomic E-state index is 0.520. The van der Waals surface area contributed by atoms with E-state index in [0.29, 0.717) is 6.04 Å². The van der Waals surface area contributed by atoms with E-state index in [0.717, 1.165) is 13.0 Å². The van der Waals surface area contributed by atoms with Gasteiger partial charge in [0.15, 0.2) is 0 Å². The molecule has 16 heavy (non-hydrogen) atoms. The van der Waals surface area contributed by atoms with Crippen LogP contribution in [0.25, 0.3) is 0 Å². The van der Waals surface area contributed by atoms with Crippen molar-refractivity contribution in [2.45, 2.75) is 58.9 Å². The summed E-state index contributed by atoms with van der Waals surface area (Å²) in [5.74, 6) is 0. The van der Waals surface area contributed by atoms with E-state index in [1.807, 2.05) is 11.3 Å². The van der Waals surface area contributed by atoms with Gasteiger partial charge < -0.3 is 5.32 Å². The van der Waals surface area contributed by atoms with Crippen molar-refractivity contribution in [3.63, 3.8) is 0 Å². The van der Waals surface area contributed by atoms with Gasteiger partial charge in [0.05, 0.1) is 0 Å². The van der Waals surface area contributed by atoms with Gasteiger partial charge in [0.25, 0.3) is 0 Å². The summed E-state index contributed by atoms with van der Waals surface area (Å²) in [5.41, 5.74) is 0. The Morgan fingerprint density at radius 3 is 2.62 bits per heavy atom. The molecule has 0 aliphatic rings. The first-order valence-electron chi connectivity index (χ1n) is 6.59. The second kappa shape index (κ2) is 7.86. The largest absolute Gasteiger partial charge is 0.309 e. The van der Waals surface area contributed by atoms with Gasteiger partial charge in [-0.25, -0.2) is 0 Å². The summed E-state index contributed by atoms with van der Waals surface area (Å²) < 4.78 is 0. The van der Waals surface area contributed by atoms with E-state index in [1.54, 1.807) is 0 Å². The average Bonchev–Trinajstić information content (AvgIpc) is 2.77. The van der Waals surface area contributed by atoms with Crippen LogP contribution in [0, 0.1) is 0 Å². The number of nitrogens with one attached hydrogen (secondary N) is 1. The molecule has 1 unspecified atom stereocenters. The van der Waals surface area contributed by atoms with Crippen LogP contribution in [0.1, 0.15) is 62.3 Å². The third-order valence-corrected chi connectivity index (χ3v) is 4.35. The molecule has 92 valence electrons. The first-order chi connectivity index (χ1) is 7.77. The third kappa shape index (κ3) is 4.67.